The van der Waals surface area contributed by atoms with E-state index in [0.717, 1.165) is 41.7 Å². The number of benzene rings is 1. The molecule has 2 N–H and O–H groups in total. The largest absolute Gasteiger partial charge is 0.493 e. The fourth-order valence-electron chi connectivity index (χ4n) is 3.53. The van der Waals surface area contributed by atoms with Crippen molar-refractivity contribution in [3.63, 3.8) is 0 Å². The Morgan fingerprint density at radius 2 is 1.95 bits per heavy atom. The predicted molar refractivity (Wildman–Crippen MR) is 88.2 cm³/mol. The standard InChI is InChI=1S/C17H24BrNO2/c1-20-15-10-12(18)9-14(16(15)21-13-5-4-6-13)17(11-19)7-2-3-8-17/h9-10,13H,2-8,11,19H2,1H3. The van der Waals surface area contributed by atoms with Gasteiger partial charge in [0.05, 0.1) is 13.2 Å². The monoisotopic (exact) mass is 353 g/mol. The molecule has 116 valence electrons. The molecule has 0 aromatic heterocycles. The molecule has 3 rings (SSSR count). The smallest absolute Gasteiger partial charge is 0.165 e. The van der Waals surface area contributed by atoms with Gasteiger partial charge in [-0.2, -0.15) is 0 Å². The van der Waals surface area contributed by atoms with Gasteiger partial charge >= 0.3 is 0 Å². The van der Waals surface area contributed by atoms with Gasteiger partial charge in [-0.3, -0.25) is 0 Å². The molecule has 2 aliphatic carbocycles. The predicted octanol–water partition coefficient (Wildman–Crippen LogP) is 4.16. The number of rotatable bonds is 5. The molecule has 21 heavy (non-hydrogen) atoms. The lowest BCUT2D eigenvalue weighted by atomic mass is 9.78. The van der Waals surface area contributed by atoms with Gasteiger partial charge in [0.25, 0.3) is 0 Å². The molecule has 0 amide bonds. The van der Waals surface area contributed by atoms with Gasteiger partial charge in [-0.05, 0) is 44.2 Å². The summed E-state index contributed by atoms with van der Waals surface area (Å²) in [4.78, 5) is 0. The van der Waals surface area contributed by atoms with Crippen molar-refractivity contribution >= 4 is 15.9 Å². The van der Waals surface area contributed by atoms with Crippen molar-refractivity contribution in [3.05, 3.63) is 22.2 Å². The molecule has 0 radical (unpaired) electrons. The Labute approximate surface area is 135 Å². The quantitative estimate of drug-likeness (QED) is 0.864. The van der Waals surface area contributed by atoms with E-state index in [4.69, 9.17) is 15.2 Å². The number of hydrogen-bond acceptors (Lipinski definition) is 3. The summed E-state index contributed by atoms with van der Waals surface area (Å²) in [6, 6.07) is 4.19. The van der Waals surface area contributed by atoms with Crippen LogP contribution in [0.5, 0.6) is 11.5 Å². The van der Waals surface area contributed by atoms with Gasteiger partial charge in [0.1, 0.15) is 0 Å². The van der Waals surface area contributed by atoms with Gasteiger partial charge in [-0.15, -0.1) is 0 Å². The van der Waals surface area contributed by atoms with E-state index in [0.29, 0.717) is 12.6 Å². The molecule has 4 heteroatoms. The van der Waals surface area contributed by atoms with E-state index < -0.39 is 0 Å². The number of hydrogen-bond donors (Lipinski definition) is 1. The maximum absolute atomic E-state index is 6.30. The molecular formula is C17H24BrNO2. The summed E-state index contributed by atoms with van der Waals surface area (Å²) in [5, 5.41) is 0. The van der Waals surface area contributed by atoms with Gasteiger partial charge in [0, 0.05) is 22.0 Å². The van der Waals surface area contributed by atoms with Crippen LogP contribution in [0.2, 0.25) is 0 Å². The molecule has 0 atom stereocenters. The van der Waals surface area contributed by atoms with Crippen molar-refractivity contribution in [1.29, 1.82) is 0 Å². The van der Waals surface area contributed by atoms with Crippen molar-refractivity contribution in [2.45, 2.75) is 56.5 Å². The third kappa shape index (κ3) is 2.80. The topological polar surface area (TPSA) is 44.5 Å². The highest BCUT2D eigenvalue weighted by Crippen LogP contribution is 2.49. The molecule has 3 nitrogen and oxygen atoms in total. The Morgan fingerprint density at radius 3 is 2.48 bits per heavy atom. The van der Waals surface area contributed by atoms with Crippen molar-refractivity contribution in [1.82, 2.24) is 0 Å². The minimum atomic E-state index is 0.0517. The van der Waals surface area contributed by atoms with Crippen LogP contribution in [0.15, 0.2) is 16.6 Å². The summed E-state index contributed by atoms with van der Waals surface area (Å²) in [6.45, 7) is 0.674. The number of nitrogens with two attached hydrogens (primary N) is 1. The highest BCUT2D eigenvalue weighted by atomic mass is 79.9. The van der Waals surface area contributed by atoms with Crippen molar-refractivity contribution in [3.8, 4) is 11.5 Å². The Bertz CT molecular complexity index is 508. The highest BCUT2D eigenvalue weighted by molar-refractivity contribution is 9.10. The Morgan fingerprint density at radius 1 is 1.24 bits per heavy atom. The fraction of sp³-hybridized carbons (Fsp3) is 0.647. The second kappa shape index (κ2) is 6.17. The first-order valence-electron chi connectivity index (χ1n) is 7.93. The molecule has 0 aliphatic heterocycles. The van der Waals surface area contributed by atoms with Gasteiger partial charge in [-0.25, -0.2) is 0 Å². The number of halogens is 1. The minimum absolute atomic E-state index is 0.0517. The molecule has 0 spiro atoms. The van der Waals surface area contributed by atoms with E-state index in [9.17, 15) is 0 Å². The maximum Gasteiger partial charge on any atom is 0.165 e. The zero-order valence-corrected chi connectivity index (χ0v) is 14.2. The van der Waals surface area contributed by atoms with Crippen LogP contribution in [0.4, 0.5) is 0 Å². The van der Waals surface area contributed by atoms with Gasteiger partial charge in [-0.1, -0.05) is 28.8 Å². The van der Waals surface area contributed by atoms with Crippen LogP contribution >= 0.6 is 15.9 Å². The van der Waals surface area contributed by atoms with Gasteiger partial charge in [0.15, 0.2) is 11.5 Å². The highest BCUT2D eigenvalue weighted by Gasteiger charge is 2.38. The average Bonchev–Trinajstić information content (AvgIpc) is 2.93. The maximum atomic E-state index is 6.30. The number of ether oxygens (including phenoxy) is 2. The SMILES string of the molecule is COc1cc(Br)cc(C2(CN)CCCC2)c1OC1CCC1. The van der Waals surface area contributed by atoms with Crippen LogP contribution in [0.1, 0.15) is 50.5 Å². The van der Waals surface area contributed by atoms with Crippen LogP contribution in [0.25, 0.3) is 0 Å². The summed E-state index contributed by atoms with van der Waals surface area (Å²) in [6.07, 6.45) is 8.68. The molecule has 1 aromatic rings. The average molecular weight is 354 g/mol. The molecule has 0 saturated heterocycles. The summed E-state index contributed by atoms with van der Waals surface area (Å²) in [5.41, 5.74) is 7.47. The van der Waals surface area contributed by atoms with Crippen LogP contribution in [0.3, 0.4) is 0 Å². The minimum Gasteiger partial charge on any atom is -0.493 e. The second-order valence-electron chi connectivity index (χ2n) is 6.35. The second-order valence-corrected chi connectivity index (χ2v) is 7.26. The third-order valence-electron chi connectivity index (χ3n) is 5.10. The molecular weight excluding hydrogens is 330 g/mol. The first-order valence-corrected chi connectivity index (χ1v) is 8.72. The van der Waals surface area contributed by atoms with E-state index in [1.165, 1.54) is 24.8 Å². The summed E-state index contributed by atoms with van der Waals surface area (Å²) in [7, 11) is 1.71. The lowest BCUT2D eigenvalue weighted by Crippen LogP contribution is -2.34. The summed E-state index contributed by atoms with van der Waals surface area (Å²) >= 11 is 3.61. The Hall–Kier alpha value is -0.740. The summed E-state index contributed by atoms with van der Waals surface area (Å²) < 4.78 is 12.9. The lowest BCUT2D eigenvalue weighted by molar-refractivity contribution is 0.112. The van der Waals surface area contributed by atoms with Crippen LogP contribution in [0, 0.1) is 0 Å². The first-order chi connectivity index (χ1) is 10.2. The molecule has 0 unspecified atom stereocenters. The lowest BCUT2D eigenvalue weighted by Gasteiger charge is -2.34. The first kappa shape index (κ1) is 15.2. The molecule has 2 aliphatic rings. The van der Waals surface area contributed by atoms with Gasteiger partial charge in [0.2, 0.25) is 0 Å². The van der Waals surface area contributed by atoms with Gasteiger partial charge < -0.3 is 15.2 Å². The van der Waals surface area contributed by atoms with Crippen LogP contribution in [-0.2, 0) is 5.41 Å². The van der Waals surface area contributed by atoms with Crippen molar-refractivity contribution in [2.24, 2.45) is 5.73 Å². The third-order valence-corrected chi connectivity index (χ3v) is 5.56. The number of methoxy groups -OCH3 is 1. The molecule has 0 heterocycles. The van der Waals surface area contributed by atoms with Crippen LogP contribution in [-0.4, -0.2) is 19.8 Å². The Kier molecular flexibility index (Phi) is 4.46. The molecule has 2 fully saturated rings. The molecule has 2 saturated carbocycles. The molecule has 1 aromatic carbocycles. The van der Waals surface area contributed by atoms with E-state index in [1.54, 1.807) is 7.11 Å². The van der Waals surface area contributed by atoms with Crippen molar-refractivity contribution < 1.29 is 9.47 Å². The fourth-order valence-corrected chi connectivity index (χ4v) is 3.96. The summed E-state index contributed by atoms with van der Waals surface area (Å²) in [5.74, 6) is 1.75. The van der Waals surface area contributed by atoms with E-state index in [-0.39, 0.29) is 5.41 Å². The zero-order chi connectivity index (χ0) is 14.9. The van der Waals surface area contributed by atoms with E-state index in [2.05, 4.69) is 22.0 Å². The normalized spacial score (nSPS) is 21.1. The van der Waals surface area contributed by atoms with E-state index in [1.807, 2.05) is 6.07 Å². The van der Waals surface area contributed by atoms with E-state index >= 15 is 0 Å². The van der Waals surface area contributed by atoms with Crippen LogP contribution < -0.4 is 15.2 Å². The molecule has 0 bridgehead atoms. The Balaban J connectivity index is 2.05. The van der Waals surface area contributed by atoms with Crippen molar-refractivity contribution in [2.75, 3.05) is 13.7 Å². The zero-order valence-electron chi connectivity index (χ0n) is 12.7.